The fourth-order valence-corrected chi connectivity index (χ4v) is 2.22. The van der Waals surface area contributed by atoms with Crippen LogP contribution in [0.3, 0.4) is 0 Å². The van der Waals surface area contributed by atoms with Gasteiger partial charge in [0.1, 0.15) is 0 Å². The summed E-state index contributed by atoms with van der Waals surface area (Å²) in [6, 6.07) is 0.492. The monoisotopic (exact) mass is 199 g/mol. The van der Waals surface area contributed by atoms with E-state index in [0.717, 1.165) is 25.9 Å². The first-order chi connectivity index (χ1) is 6.74. The molecule has 82 valence electrons. The minimum Gasteiger partial charge on any atom is -0.481 e. The minimum absolute atomic E-state index is 0.314. The SMILES string of the molecule is CCC(CCC(=O)O)N1CCCCC1. The van der Waals surface area contributed by atoms with E-state index in [1.54, 1.807) is 0 Å². The van der Waals surface area contributed by atoms with E-state index in [9.17, 15) is 4.79 Å². The van der Waals surface area contributed by atoms with Crippen LogP contribution in [-0.4, -0.2) is 35.1 Å². The van der Waals surface area contributed by atoms with Gasteiger partial charge in [-0.05, 0) is 38.8 Å². The van der Waals surface area contributed by atoms with Crippen LogP contribution in [0.5, 0.6) is 0 Å². The third-order valence-corrected chi connectivity index (χ3v) is 3.07. The highest BCUT2D eigenvalue weighted by Gasteiger charge is 2.19. The van der Waals surface area contributed by atoms with Gasteiger partial charge in [-0.15, -0.1) is 0 Å². The van der Waals surface area contributed by atoms with Crippen molar-refractivity contribution < 1.29 is 9.90 Å². The zero-order chi connectivity index (χ0) is 10.4. The maximum absolute atomic E-state index is 10.5. The molecule has 1 saturated heterocycles. The highest BCUT2D eigenvalue weighted by atomic mass is 16.4. The van der Waals surface area contributed by atoms with Crippen molar-refractivity contribution in [1.82, 2.24) is 4.90 Å². The van der Waals surface area contributed by atoms with Crippen molar-refractivity contribution in [2.45, 2.75) is 51.5 Å². The summed E-state index contributed by atoms with van der Waals surface area (Å²) in [6.07, 6.45) is 6.10. The molecule has 14 heavy (non-hydrogen) atoms. The Hall–Kier alpha value is -0.570. The number of nitrogens with zero attached hydrogens (tertiary/aromatic N) is 1. The van der Waals surface area contributed by atoms with Gasteiger partial charge in [0.2, 0.25) is 0 Å². The third-order valence-electron chi connectivity index (χ3n) is 3.07. The summed E-state index contributed by atoms with van der Waals surface area (Å²) in [7, 11) is 0. The Bertz CT molecular complexity index is 176. The molecule has 0 bridgehead atoms. The lowest BCUT2D eigenvalue weighted by Gasteiger charge is -2.33. The number of rotatable bonds is 5. The number of hydrogen-bond acceptors (Lipinski definition) is 2. The summed E-state index contributed by atoms with van der Waals surface area (Å²) < 4.78 is 0. The zero-order valence-electron chi connectivity index (χ0n) is 9.04. The first-order valence-corrected chi connectivity index (χ1v) is 5.70. The van der Waals surface area contributed by atoms with Gasteiger partial charge in [0.05, 0.1) is 0 Å². The van der Waals surface area contributed by atoms with Crippen LogP contribution in [0.4, 0.5) is 0 Å². The minimum atomic E-state index is -0.666. The molecule has 3 nitrogen and oxygen atoms in total. The van der Waals surface area contributed by atoms with Crippen LogP contribution < -0.4 is 0 Å². The van der Waals surface area contributed by atoms with E-state index >= 15 is 0 Å². The van der Waals surface area contributed by atoms with Crippen LogP contribution in [-0.2, 0) is 4.79 Å². The van der Waals surface area contributed by atoms with Crippen LogP contribution in [0.25, 0.3) is 0 Å². The van der Waals surface area contributed by atoms with E-state index in [1.807, 2.05) is 0 Å². The molecule has 1 rings (SSSR count). The second-order valence-corrected chi connectivity index (χ2v) is 4.09. The summed E-state index contributed by atoms with van der Waals surface area (Å²) in [4.78, 5) is 12.9. The number of carbonyl (C=O) groups is 1. The van der Waals surface area contributed by atoms with Crippen LogP contribution in [0, 0.1) is 0 Å². The second-order valence-electron chi connectivity index (χ2n) is 4.09. The number of carboxylic acids is 1. The van der Waals surface area contributed by atoms with Crippen molar-refractivity contribution in [2.75, 3.05) is 13.1 Å². The van der Waals surface area contributed by atoms with Crippen molar-refractivity contribution in [1.29, 1.82) is 0 Å². The molecule has 1 atom stereocenters. The zero-order valence-corrected chi connectivity index (χ0v) is 9.04. The lowest BCUT2D eigenvalue weighted by Crippen LogP contribution is -2.39. The standard InChI is InChI=1S/C11H21NO2/c1-2-10(6-7-11(13)14)12-8-4-3-5-9-12/h10H,2-9H2,1H3,(H,13,14). The lowest BCUT2D eigenvalue weighted by molar-refractivity contribution is -0.137. The predicted octanol–water partition coefficient (Wildman–Crippen LogP) is 2.12. The molecule has 1 N–H and O–H groups in total. The largest absolute Gasteiger partial charge is 0.481 e. The van der Waals surface area contributed by atoms with Gasteiger partial charge in [-0.2, -0.15) is 0 Å². The van der Waals surface area contributed by atoms with Crippen LogP contribution in [0.2, 0.25) is 0 Å². The Balaban J connectivity index is 2.31. The number of likely N-dealkylation sites (tertiary alicyclic amines) is 1. The summed E-state index contributed by atoms with van der Waals surface area (Å²) in [5, 5.41) is 8.64. The Labute approximate surface area is 86.1 Å². The van der Waals surface area contributed by atoms with Crippen molar-refractivity contribution >= 4 is 5.97 Å². The van der Waals surface area contributed by atoms with Crippen molar-refractivity contribution in [3.05, 3.63) is 0 Å². The van der Waals surface area contributed by atoms with Crippen LogP contribution >= 0.6 is 0 Å². The normalized spacial score (nSPS) is 20.6. The molecule has 1 heterocycles. The van der Waals surface area contributed by atoms with Gasteiger partial charge in [-0.25, -0.2) is 0 Å². The van der Waals surface area contributed by atoms with E-state index in [2.05, 4.69) is 11.8 Å². The third kappa shape index (κ3) is 3.66. The molecule has 0 aliphatic carbocycles. The molecule has 0 saturated carbocycles. The molecule has 1 fully saturated rings. The molecular weight excluding hydrogens is 178 g/mol. The second kappa shape index (κ2) is 6.02. The van der Waals surface area contributed by atoms with Gasteiger partial charge in [0.25, 0.3) is 0 Å². The summed E-state index contributed by atoms with van der Waals surface area (Å²) in [5.41, 5.74) is 0. The number of carboxylic acid groups (broad SMARTS) is 1. The number of aliphatic carboxylic acids is 1. The average molecular weight is 199 g/mol. The number of piperidine rings is 1. The van der Waals surface area contributed by atoms with Gasteiger partial charge in [-0.1, -0.05) is 13.3 Å². The summed E-state index contributed by atoms with van der Waals surface area (Å²) in [5.74, 6) is -0.666. The molecule has 0 aromatic rings. The van der Waals surface area contributed by atoms with Gasteiger partial charge >= 0.3 is 5.97 Å². The first-order valence-electron chi connectivity index (χ1n) is 5.70. The van der Waals surface area contributed by atoms with Gasteiger partial charge in [0, 0.05) is 12.5 Å². The van der Waals surface area contributed by atoms with E-state index < -0.39 is 5.97 Å². The smallest absolute Gasteiger partial charge is 0.303 e. The topological polar surface area (TPSA) is 40.5 Å². The fourth-order valence-electron chi connectivity index (χ4n) is 2.22. The quantitative estimate of drug-likeness (QED) is 0.737. The Morgan fingerprint density at radius 1 is 1.36 bits per heavy atom. The van der Waals surface area contributed by atoms with Crippen molar-refractivity contribution in [2.24, 2.45) is 0 Å². The lowest BCUT2D eigenvalue weighted by atomic mass is 10.0. The molecule has 0 radical (unpaired) electrons. The summed E-state index contributed by atoms with van der Waals surface area (Å²) in [6.45, 7) is 4.48. The van der Waals surface area contributed by atoms with Gasteiger partial charge < -0.3 is 10.0 Å². The van der Waals surface area contributed by atoms with E-state index in [4.69, 9.17) is 5.11 Å². The maximum Gasteiger partial charge on any atom is 0.303 e. The van der Waals surface area contributed by atoms with E-state index in [0.29, 0.717) is 12.5 Å². The molecular formula is C11H21NO2. The van der Waals surface area contributed by atoms with E-state index in [-0.39, 0.29) is 0 Å². The highest BCUT2D eigenvalue weighted by molar-refractivity contribution is 5.66. The highest BCUT2D eigenvalue weighted by Crippen LogP contribution is 2.17. The van der Waals surface area contributed by atoms with Gasteiger partial charge in [0.15, 0.2) is 0 Å². The predicted molar refractivity (Wildman–Crippen MR) is 56.4 cm³/mol. The molecule has 3 heteroatoms. The molecule has 0 spiro atoms. The van der Waals surface area contributed by atoms with E-state index in [1.165, 1.54) is 19.3 Å². The Morgan fingerprint density at radius 2 is 2.00 bits per heavy atom. The molecule has 0 aromatic heterocycles. The van der Waals surface area contributed by atoms with Crippen LogP contribution in [0.1, 0.15) is 45.4 Å². The molecule has 1 aliphatic heterocycles. The van der Waals surface area contributed by atoms with Crippen molar-refractivity contribution in [3.8, 4) is 0 Å². The Morgan fingerprint density at radius 3 is 2.50 bits per heavy atom. The summed E-state index contributed by atoms with van der Waals surface area (Å²) >= 11 is 0. The molecule has 1 aliphatic rings. The average Bonchev–Trinajstić information content (AvgIpc) is 2.20. The first kappa shape index (κ1) is 11.5. The maximum atomic E-state index is 10.5. The molecule has 1 unspecified atom stereocenters. The number of hydrogen-bond donors (Lipinski definition) is 1. The molecule has 0 aromatic carbocycles. The van der Waals surface area contributed by atoms with Crippen molar-refractivity contribution in [3.63, 3.8) is 0 Å². The van der Waals surface area contributed by atoms with Gasteiger partial charge in [-0.3, -0.25) is 4.79 Å². The fraction of sp³-hybridized carbons (Fsp3) is 0.909. The molecule has 0 amide bonds. The Kier molecular flexibility index (Phi) is 4.94. The van der Waals surface area contributed by atoms with Crippen LogP contribution in [0.15, 0.2) is 0 Å².